The monoisotopic (exact) mass is 213 g/mol. The van der Waals surface area contributed by atoms with Gasteiger partial charge >= 0.3 is 0 Å². The minimum absolute atomic E-state index is 0.295. The Balaban J connectivity index is 2.61. The van der Waals surface area contributed by atoms with Crippen LogP contribution in [-0.2, 0) is 0 Å². The molecule has 0 aliphatic carbocycles. The van der Waals surface area contributed by atoms with Gasteiger partial charge in [0, 0.05) is 27.7 Å². The molecular formula is C10H7N5O. The first-order chi connectivity index (χ1) is 7.72. The van der Waals surface area contributed by atoms with Crippen molar-refractivity contribution in [1.82, 2.24) is 4.98 Å². The van der Waals surface area contributed by atoms with Crippen molar-refractivity contribution in [3.8, 4) is 0 Å². The minimum atomic E-state index is -0.631. The van der Waals surface area contributed by atoms with Gasteiger partial charge in [-0.15, -0.1) is 0 Å². The summed E-state index contributed by atoms with van der Waals surface area (Å²) >= 11 is 0. The molecule has 16 heavy (non-hydrogen) atoms. The van der Waals surface area contributed by atoms with E-state index in [2.05, 4.69) is 15.0 Å². The molecule has 0 aliphatic heterocycles. The normalized spacial score (nSPS) is 9.75. The molecule has 1 aromatic carbocycles. The van der Waals surface area contributed by atoms with Gasteiger partial charge in [0.2, 0.25) is 5.91 Å². The predicted molar refractivity (Wildman–Crippen MR) is 59.6 cm³/mol. The fourth-order valence-corrected chi connectivity index (χ4v) is 1.40. The number of hydrogen-bond donors (Lipinski definition) is 1. The topological polar surface area (TPSA) is 105 Å². The average Bonchev–Trinajstić information content (AvgIpc) is 2.29. The van der Waals surface area contributed by atoms with E-state index in [1.807, 2.05) is 0 Å². The van der Waals surface area contributed by atoms with E-state index in [0.717, 1.165) is 5.39 Å². The van der Waals surface area contributed by atoms with Gasteiger partial charge < -0.3 is 5.73 Å². The van der Waals surface area contributed by atoms with E-state index in [9.17, 15) is 4.79 Å². The van der Waals surface area contributed by atoms with Crippen molar-refractivity contribution in [3.05, 3.63) is 46.5 Å². The first kappa shape index (κ1) is 9.95. The highest BCUT2D eigenvalue weighted by Crippen LogP contribution is 2.20. The van der Waals surface area contributed by atoms with Gasteiger partial charge in [-0.05, 0) is 22.8 Å². The second-order valence-corrected chi connectivity index (χ2v) is 3.13. The molecule has 0 bridgehead atoms. The number of azide groups is 1. The van der Waals surface area contributed by atoms with E-state index >= 15 is 0 Å². The Morgan fingerprint density at radius 2 is 2.25 bits per heavy atom. The fourth-order valence-electron chi connectivity index (χ4n) is 1.40. The van der Waals surface area contributed by atoms with E-state index in [4.69, 9.17) is 11.3 Å². The molecule has 0 saturated carbocycles. The quantitative estimate of drug-likeness (QED) is 0.446. The Kier molecular flexibility index (Phi) is 2.41. The Hall–Kier alpha value is -2.59. The fraction of sp³-hybridized carbons (Fsp3) is 0. The van der Waals surface area contributed by atoms with Crippen molar-refractivity contribution < 1.29 is 4.79 Å². The number of amides is 1. The van der Waals surface area contributed by atoms with Gasteiger partial charge in [0.05, 0.1) is 5.52 Å². The van der Waals surface area contributed by atoms with Crippen LogP contribution in [0.4, 0.5) is 5.69 Å². The first-order valence-corrected chi connectivity index (χ1v) is 4.46. The van der Waals surface area contributed by atoms with Crippen molar-refractivity contribution >= 4 is 22.5 Å². The van der Waals surface area contributed by atoms with Gasteiger partial charge in [0.25, 0.3) is 0 Å². The Morgan fingerprint density at radius 3 is 3.00 bits per heavy atom. The van der Waals surface area contributed by atoms with Crippen molar-refractivity contribution in [2.75, 3.05) is 5.73 Å². The average molecular weight is 213 g/mol. The summed E-state index contributed by atoms with van der Waals surface area (Å²) in [6.07, 6.45) is 1.56. The molecule has 0 fully saturated rings. The third kappa shape index (κ3) is 1.65. The maximum atomic E-state index is 11.3. The molecule has 1 amide bonds. The highest BCUT2D eigenvalue weighted by molar-refractivity contribution is 6.00. The summed E-state index contributed by atoms with van der Waals surface area (Å²) in [5.41, 5.74) is 15.4. The van der Waals surface area contributed by atoms with Gasteiger partial charge in [-0.25, -0.2) is 0 Å². The first-order valence-electron chi connectivity index (χ1n) is 4.46. The van der Waals surface area contributed by atoms with Crippen molar-refractivity contribution in [2.24, 2.45) is 5.11 Å². The van der Waals surface area contributed by atoms with Crippen LogP contribution >= 0.6 is 0 Å². The summed E-state index contributed by atoms with van der Waals surface area (Å²) in [7, 11) is 0. The largest absolute Gasteiger partial charge is 0.398 e. The van der Waals surface area contributed by atoms with Gasteiger partial charge in [-0.3, -0.25) is 9.78 Å². The molecule has 0 radical (unpaired) electrons. The molecule has 78 valence electrons. The van der Waals surface area contributed by atoms with Crippen LogP contribution in [0.1, 0.15) is 10.4 Å². The van der Waals surface area contributed by atoms with Crippen LogP contribution in [0.15, 0.2) is 35.6 Å². The number of hydrogen-bond acceptors (Lipinski definition) is 3. The van der Waals surface area contributed by atoms with E-state index < -0.39 is 5.91 Å². The maximum Gasteiger partial charge on any atom is 0.249 e. The Labute approximate surface area is 90.3 Å². The molecule has 0 atom stereocenters. The molecular weight excluding hydrogens is 206 g/mol. The molecule has 2 rings (SSSR count). The maximum absolute atomic E-state index is 11.3. The highest BCUT2D eigenvalue weighted by Gasteiger charge is 2.05. The molecule has 1 heterocycles. The van der Waals surface area contributed by atoms with Crippen LogP contribution in [0.5, 0.6) is 0 Å². The molecule has 6 heteroatoms. The van der Waals surface area contributed by atoms with Crippen LogP contribution in [0.25, 0.3) is 21.3 Å². The lowest BCUT2D eigenvalue weighted by Gasteiger charge is -2.01. The lowest BCUT2D eigenvalue weighted by molar-refractivity contribution is 0.100. The number of nitrogen functional groups attached to an aromatic ring is 1. The van der Waals surface area contributed by atoms with Crippen LogP contribution in [0, 0.1) is 0 Å². The zero-order valence-corrected chi connectivity index (χ0v) is 8.16. The third-order valence-corrected chi connectivity index (χ3v) is 2.16. The van der Waals surface area contributed by atoms with E-state index in [-0.39, 0.29) is 0 Å². The lowest BCUT2D eigenvalue weighted by Crippen LogP contribution is -1.95. The number of rotatable bonds is 1. The molecule has 0 unspecified atom stereocenters. The second kappa shape index (κ2) is 3.88. The number of nitrogens with two attached hydrogens (primary N) is 1. The number of anilines is 1. The van der Waals surface area contributed by atoms with Crippen LogP contribution < -0.4 is 5.73 Å². The van der Waals surface area contributed by atoms with Gasteiger partial charge in [0.15, 0.2) is 0 Å². The van der Waals surface area contributed by atoms with Crippen LogP contribution in [-0.4, -0.2) is 10.9 Å². The predicted octanol–water partition coefficient (Wildman–Crippen LogP) is 2.27. The molecule has 1 aromatic heterocycles. The van der Waals surface area contributed by atoms with Crippen LogP contribution in [0.2, 0.25) is 0 Å². The van der Waals surface area contributed by atoms with E-state index in [1.165, 1.54) is 0 Å². The number of aromatic nitrogens is 1. The zero-order chi connectivity index (χ0) is 11.5. The number of carbonyl (C=O) groups excluding carboxylic acids is 1. The molecule has 0 aliphatic rings. The van der Waals surface area contributed by atoms with Crippen molar-refractivity contribution in [1.29, 1.82) is 0 Å². The number of nitrogens with zero attached hydrogens (tertiary/aromatic N) is 4. The number of pyridine rings is 1. The van der Waals surface area contributed by atoms with E-state index in [0.29, 0.717) is 16.8 Å². The summed E-state index contributed by atoms with van der Waals surface area (Å²) in [5.74, 6) is -0.631. The summed E-state index contributed by atoms with van der Waals surface area (Å²) in [6, 6.07) is 6.45. The number of benzene rings is 1. The standard InChI is InChI=1S/C10H7N5O/c11-8-3-4-13-9-5-6(1-2-7(8)9)10(16)14-15-12/h1-5H,(H2,11,13). The molecule has 6 nitrogen and oxygen atoms in total. The van der Waals surface area contributed by atoms with Crippen molar-refractivity contribution in [3.63, 3.8) is 0 Å². The Morgan fingerprint density at radius 1 is 1.44 bits per heavy atom. The van der Waals surface area contributed by atoms with E-state index in [1.54, 1.807) is 30.5 Å². The summed E-state index contributed by atoms with van der Waals surface area (Å²) < 4.78 is 0. The third-order valence-electron chi connectivity index (χ3n) is 2.16. The summed E-state index contributed by atoms with van der Waals surface area (Å²) in [4.78, 5) is 17.8. The smallest absolute Gasteiger partial charge is 0.249 e. The SMILES string of the molecule is [N-]=[N+]=NC(=O)c1ccc2c(N)ccnc2c1. The Bertz CT molecular complexity index is 616. The lowest BCUT2D eigenvalue weighted by atomic mass is 10.1. The number of carbonyl (C=O) groups is 1. The number of fused-ring (bicyclic) bond motifs is 1. The second-order valence-electron chi connectivity index (χ2n) is 3.13. The van der Waals surface area contributed by atoms with Gasteiger partial charge in [-0.1, -0.05) is 12.1 Å². The summed E-state index contributed by atoms with van der Waals surface area (Å²) in [6.45, 7) is 0. The molecule has 2 aromatic rings. The van der Waals surface area contributed by atoms with Crippen LogP contribution in [0.3, 0.4) is 0 Å². The molecule has 2 N–H and O–H groups in total. The minimum Gasteiger partial charge on any atom is -0.398 e. The van der Waals surface area contributed by atoms with Gasteiger partial charge in [0.1, 0.15) is 0 Å². The molecule has 0 spiro atoms. The summed E-state index contributed by atoms with van der Waals surface area (Å²) in [5, 5.41) is 3.77. The van der Waals surface area contributed by atoms with Crippen molar-refractivity contribution in [2.45, 2.75) is 0 Å². The molecule has 0 saturated heterocycles. The zero-order valence-electron chi connectivity index (χ0n) is 8.16. The van der Waals surface area contributed by atoms with Gasteiger partial charge in [-0.2, -0.15) is 0 Å². The highest BCUT2D eigenvalue weighted by atomic mass is 16.1.